The van der Waals surface area contributed by atoms with Gasteiger partial charge in [-0.05, 0) is 60.1 Å². The van der Waals surface area contributed by atoms with Gasteiger partial charge in [-0.1, -0.05) is 60.7 Å². The lowest BCUT2D eigenvalue weighted by Gasteiger charge is -2.45. The van der Waals surface area contributed by atoms with Crippen molar-refractivity contribution in [2.45, 2.75) is 50.4 Å². The third-order valence-corrected chi connectivity index (χ3v) is 12.0. The molecule has 1 fully saturated rings. The van der Waals surface area contributed by atoms with E-state index in [1.54, 1.807) is 29.2 Å². The SMILES string of the molecule is C[N+](C)(CCCCCC[N+](C)(C)CCCN1C(=O)C2C3c4ccccc4C(c4ccccc43)C2C1=O)CCCN1C(=O)c2ccccc2C1=O.[Br-].[Br-]. The van der Waals surface area contributed by atoms with Gasteiger partial charge in [0.1, 0.15) is 0 Å². The highest BCUT2D eigenvalue weighted by Crippen LogP contribution is 2.60. The maximum absolute atomic E-state index is 13.9. The first-order chi connectivity index (χ1) is 24.0. The number of amides is 4. The summed E-state index contributed by atoms with van der Waals surface area (Å²) in [5, 5.41) is 0. The second kappa shape index (κ2) is 16.0. The summed E-state index contributed by atoms with van der Waals surface area (Å²) in [6.45, 7) is 4.95. The van der Waals surface area contributed by atoms with E-state index in [0.29, 0.717) is 24.2 Å². The van der Waals surface area contributed by atoms with Crippen molar-refractivity contribution in [3.63, 3.8) is 0 Å². The lowest BCUT2D eigenvalue weighted by Crippen LogP contribution is -3.00. The summed E-state index contributed by atoms with van der Waals surface area (Å²) in [6, 6.07) is 23.9. The molecule has 0 saturated carbocycles. The number of carbonyl (C=O) groups excluding carboxylic acids is 4. The van der Waals surface area contributed by atoms with Gasteiger partial charge in [-0.3, -0.25) is 29.0 Å². The van der Waals surface area contributed by atoms with Crippen LogP contribution >= 0.6 is 0 Å². The third kappa shape index (κ3) is 7.46. The Morgan fingerprint density at radius 3 is 1.17 bits per heavy atom. The maximum Gasteiger partial charge on any atom is 0.261 e. The van der Waals surface area contributed by atoms with Crippen LogP contribution in [0.25, 0.3) is 0 Å². The molecule has 0 radical (unpaired) electrons. The highest BCUT2D eigenvalue weighted by atomic mass is 79.9. The summed E-state index contributed by atoms with van der Waals surface area (Å²) in [5.41, 5.74) is 5.93. The predicted octanol–water partition coefficient (Wildman–Crippen LogP) is -0.324. The van der Waals surface area contributed by atoms with Gasteiger partial charge in [0.05, 0.1) is 77.3 Å². The highest BCUT2D eigenvalue weighted by Gasteiger charge is 2.61. The third-order valence-electron chi connectivity index (χ3n) is 12.0. The number of rotatable bonds is 15. The molecule has 278 valence electrons. The number of likely N-dealkylation sites (tertiary alicyclic amines) is 1. The Kier molecular flexibility index (Phi) is 12.3. The number of fused-ring (bicyclic) bond motifs is 1. The van der Waals surface area contributed by atoms with Crippen LogP contribution in [0.3, 0.4) is 0 Å². The Morgan fingerprint density at radius 1 is 0.462 bits per heavy atom. The van der Waals surface area contributed by atoms with Crippen molar-refractivity contribution in [2.75, 3.05) is 67.5 Å². The van der Waals surface area contributed by atoms with Crippen molar-refractivity contribution in [3.05, 3.63) is 106 Å². The van der Waals surface area contributed by atoms with Crippen LogP contribution in [-0.4, -0.2) is 110 Å². The molecule has 5 aliphatic rings. The Labute approximate surface area is 329 Å². The average Bonchev–Trinajstić information content (AvgIpc) is 3.50. The fourth-order valence-electron chi connectivity index (χ4n) is 9.37. The molecule has 8 rings (SSSR count). The van der Waals surface area contributed by atoms with E-state index in [9.17, 15) is 19.2 Å². The fourth-order valence-corrected chi connectivity index (χ4v) is 9.37. The molecule has 2 unspecified atom stereocenters. The van der Waals surface area contributed by atoms with Gasteiger partial charge < -0.3 is 42.9 Å². The molecule has 2 bridgehead atoms. The molecule has 2 aliphatic heterocycles. The molecule has 2 heterocycles. The molecule has 2 atom stereocenters. The van der Waals surface area contributed by atoms with Crippen LogP contribution in [0.1, 0.15) is 93.3 Å². The quantitative estimate of drug-likeness (QED) is 0.120. The molecule has 4 amide bonds. The second-order valence-electron chi connectivity index (χ2n) is 16.3. The summed E-state index contributed by atoms with van der Waals surface area (Å²) in [7, 11) is 8.98. The molecule has 1 saturated heterocycles. The minimum atomic E-state index is -0.292. The molecule has 10 heteroatoms. The lowest BCUT2D eigenvalue weighted by atomic mass is 9.55. The van der Waals surface area contributed by atoms with Crippen LogP contribution in [0, 0.1) is 11.8 Å². The maximum atomic E-state index is 13.9. The number of halogens is 2. The first-order valence-corrected chi connectivity index (χ1v) is 18.6. The fraction of sp³-hybridized carbons (Fsp3) is 0.476. The molecule has 8 nitrogen and oxygen atoms in total. The van der Waals surface area contributed by atoms with Crippen molar-refractivity contribution in [2.24, 2.45) is 11.8 Å². The topological polar surface area (TPSA) is 74.8 Å². The Bertz CT molecular complexity index is 1680. The van der Waals surface area contributed by atoms with E-state index in [-0.39, 0.29) is 81.3 Å². The predicted molar refractivity (Wildman–Crippen MR) is 193 cm³/mol. The number of quaternary nitrogens is 2. The van der Waals surface area contributed by atoms with Crippen LogP contribution in [-0.2, 0) is 9.59 Å². The largest absolute Gasteiger partial charge is 1.00 e. The monoisotopic (exact) mass is 834 g/mol. The number of hydrogen-bond donors (Lipinski definition) is 0. The number of carbonyl (C=O) groups is 4. The molecule has 52 heavy (non-hydrogen) atoms. The van der Waals surface area contributed by atoms with Crippen molar-refractivity contribution >= 4 is 23.6 Å². The van der Waals surface area contributed by atoms with E-state index in [1.165, 1.54) is 40.0 Å². The van der Waals surface area contributed by atoms with Gasteiger partial charge in [0, 0.05) is 37.8 Å². The van der Waals surface area contributed by atoms with E-state index >= 15 is 0 Å². The molecule has 3 aromatic rings. The number of hydrogen-bond acceptors (Lipinski definition) is 4. The van der Waals surface area contributed by atoms with Gasteiger partial charge >= 0.3 is 0 Å². The average molecular weight is 837 g/mol. The Hall–Kier alpha value is -3.18. The number of benzene rings is 3. The molecular weight excluding hydrogens is 784 g/mol. The van der Waals surface area contributed by atoms with Gasteiger partial charge in [-0.2, -0.15) is 0 Å². The van der Waals surface area contributed by atoms with E-state index in [4.69, 9.17) is 0 Å². The van der Waals surface area contributed by atoms with Gasteiger partial charge in [-0.25, -0.2) is 0 Å². The molecule has 0 spiro atoms. The second-order valence-corrected chi connectivity index (χ2v) is 16.3. The Balaban J connectivity index is 0.00000261. The van der Waals surface area contributed by atoms with Crippen LogP contribution in [0.5, 0.6) is 0 Å². The molecule has 3 aromatic carbocycles. The zero-order valence-corrected chi connectivity index (χ0v) is 34.1. The lowest BCUT2D eigenvalue weighted by molar-refractivity contribution is -0.891. The summed E-state index contributed by atoms with van der Waals surface area (Å²) in [4.78, 5) is 56.2. The van der Waals surface area contributed by atoms with E-state index in [2.05, 4.69) is 76.7 Å². The van der Waals surface area contributed by atoms with Crippen molar-refractivity contribution < 1.29 is 62.1 Å². The van der Waals surface area contributed by atoms with Gasteiger partial charge in [0.25, 0.3) is 11.8 Å². The van der Waals surface area contributed by atoms with Crippen LogP contribution in [0.4, 0.5) is 0 Å². The molecular formula is C42H52Br2N4O4. The zero-order chi connectivity index (χ0) is 35.2. The minimum absolute atomic E-state index is 0. The van der Waals surface area contributed by atoms with Crippen molar-refractivity contribution in [1.82, 2.24) is 9.80 Å². The summed E-state index contributed by atoms with van der Waals surface area (Å²) in [6.07, 6.45) is 6.24. The molecule has 0 N–H and O–H groups in total. The van der Waals surface area contributed by atoms with Gasteiger partial charge in [0.2, 0.25) is 11.8 Å². The molecule has 0 aromatic heterocycles. The van der Waals surface area contributed by atoms with Crippen molar-refractivity contribution in [1.29, 1.82) is 0 Å². The smallest absolute Gasteiger partial charge is 0.261 e. The first kappa shape index (κ1) is 40.0. The van der Waals surface area contributed by atoms with E-state index in [1.807, 2.05) is 0 Å². The van der Waals surface area contributed by atoms with E-state index < -0.39 is 0 Å². The number of imide groups is 2. The highest BCUT2D eigenvalue weighted by molar-refractivity contribution is 6.21. The van der Waals surface area contributed by atoms with Crippen molar-refractivity contribution in [3.8, 4) is 0 Å². The van der Waals surface area contributed by atoms with E-state index in [0.717, 1.165) is 60.8 Å². The van der Waals surface area contributed by atoms with Crippen LogP contribution in [0.2, 0.25) is 0 Å². The zero-order valence-electron chi connectivity index (χ0n) is 30.9. The first-order valence-electron chi connectivity index (χ1n) is 18.6. The summed E-state index contributed by atoms with van der Waals surface area (Å²) < 4.78 is 1.75. The van der Waals surface area contributed by atoms with Crippen LogP contribution < -0.4 is 34.0 Å². The summed E-state index contributed by atoms with van der Waals surface area (Å²) in [5.74, 6) is -0.960. The minimum Gasteiger partial charge on any atom is -1.00 e. The number of nitrogens with zero attached hydrogens (tertiary/aromatic N) is 4. The summed E-state index contributed by atoms with van der Waals surface area (Å²) >= 11 is 0. The standard InChI is InChI=1S/C42H52N4O4.2BrH/c1-45(2,27-15-23-43-39(47)33-21-11-12-22-34(33)40(43)48)25-13-5-6-14-26-46(3,4)28-16-24-44-41(49)37-35-29-17-7-8-18-30(29)36(38(37)42(44)50)32-20-10-9-19-31(32)35;;/h7-12,17-22,35-38H,5-6,13-16,23-28H2,1-4H3;2*1H/q+2;;/p-2. The van der Waals surface area contributed by atoms with Crippen LogP contribution in [0.15, 0.2) is 72.8 Å². The normalized spacial score (nSPS) is 21.4. The number of unbranched alkanes of at least 4 members (excludes halogenated alkanes) is 3. The van der Waals surface area contributed by atoms with Gasteiger partial charge in [0.15, 0.2) is 0 Å². The Morgan fingerprint density at radius 2 is 0.788 bits per heavy atom. The van der Waals surface area contributed by atoms with Gasteiger partial charge in [-0.15, -0.1) is 0 Å². The molecule has 3 aliphatic carbocycles.